The van der Waals surface area contributed by atoms with Gasteiger partial charge < -0.3 is 21.7 Å². The van der Waals surface area contributed by atoms with Crippen LogP contribution < -0.4 is 11.5 Å². The number of pyridine rings is 2. The molecule has 2 aliphatic rings. The Morgan fingerprint density at radius 1 is 0.935 bits per heavy atom. The van der Waals surface area contributed by atoms with Crippen molar-refractivity contribution in [3.8, 4) is 22.3 Å². The highest BCUT2D eigenvalue weighted by Gasteiger charge is 2.67. The Balaban J connectivity index is 1.43. The van der Waals surface area contributed by atoms with Crippen LogP contribution in [0.1, 0.15) is 63.2 Å². The number of amides is 2. The second-order valence-corrected chi connectivity index (χ2v) is 12.5. The molecule has 2 atom stereocenters. The number of nitrogens with zero attached hydrogens (tertiary/aromatic N) is 8. The third-order valence-corrected chi connectivity index (χ3v) is 8.77. The number of hydrogen-bond acceptors (Lipinski definition) is 11. The summed E-state index contributed by atoms with van der Waals surface area (Å²) in [5, 5.41) is 27.0. The summed E-state index contributed by atoms with van der Waals surface area (Å²) in [5.41, 5.74) is 13.3. The molecule has 14 nitrogen and oxygen atoms in total. The second-order valence-electron chi connectivity index (χ2n) is 12.5. The van der Waals surface area contributed by atoms with Crippen molar-refractivity contribution >= 4 is 11.8 Å². The number of hydrogen-bond donors (Lipinski definition) is 4. The normalized spacial score (nSPS) is 18.1. The van der Waals surface area contributed by atoms with Crippen molar-refractivity contribution in [1.29, 1.82) is 0 Å². The van der Waals surface area contributed by atoms with Gasteiger partial charge in [-0.15, -0.1) is 0 Å². The Morgan fingerprint density at radius 3 is 2.02 bits per heavy atom. The van der Waals surface area contributed by atoms with E-state index in [1.807, 2.05) is 31.4 Å². The highest BCUT2D eigenvalue weighted by molar-refractivity contribution is 5.85. The number of aliphatic hydroxyl groups excluding tert-OH is 2. The summed E-state index contributed by atoms with van der Waals surface area (Å²) in [6, 6.07) is 7.34. The molecule has 0 spiro atoms. The average molecular weight is 627 g/mol. The quantitative estimate of drug-likeness (QED) is 0.131. The van der Waals surface area contributed by atoms with Gasteiger partial charge in [-0.25, -0.2) is 9.97 Å². The van der Waals surface area contributed by atoms with Crippen LogP contribution in [0, 0.1) is 0 Å². The van der Waals surface area contributed by atoms with Crippen molar-refractivity contribution < 1.29 is 19.8 Å². The zero-order valence-electron chi connectivity index (χ0n) is 26.0. The molecule has 2 saturated carbocycles. The molecule has 2 aliphatic carbocycles. The molecular formula is C32H38N10O4. The van der Waals surface area contributed by atoms with E-state index in [0.29, 0.717) is 48.5 Å². The zero-order valence-corrected chi connectivity index (χ0v) is 26.0. The third-order valence-electron chi connectivity index (χ3n) is 8.77. The molecule has 14 heteroatoms. The molecule has 6 rings (SSSR count). The molecule has 2 fully saturated rings. The number of hydrazine groups is 1. The van der Waals surface area contributed by atoms with E-state index in [1.165, 1.54) is 18.9 Å². The van der Waals surface area contributed by atoms with Gasteiger partial charge in [0.15, 0.2) is 11.5 Å². The van der Waals surface area contributed by atoms with Crippen molar-refractivity contribution in [2.24, 2.45) is 18.5 Å². The van der Waals surface area contributed by atoms with Crippen LogP contribution in [-0.2, 0) is 34.3 Å². The molecule has 2 amide bonds. The van der Waals surface area contributed by atoms with Gasteiger partial charge in [-0.2, -0.15) is 10.1 Å². The molecule has 240 valence electrons. The maximum atomic E-state index is 14.2. The number of aromatic nitrogens is 6. The lowest BCUT2D eigenvalue weighted by atomic mass is 10.0. The number of nitrogens with two attached hydrogens (primary N) is 2. The Labute approximate surface area is 266 Å². The molecule has 46 heavy (non-hydrogen) atoms. The first-order valence-corrected chi connectivity index (χ1v) is 15.2. The van der Waals surface area contributed by atoms with Crippen LogP contribution >= 0.6 is 0 Å². The summed E-state index contributed by atoms with van der Waals surface area (Å²) in [6.07, 6.45) is 11.2. The van der Waals surface area contributed by atoms with E-state index in [2.05, 4.69) is 10.1 Å². The van der Waals surface area contributed by atoms with Gasteiger partial charge in [0.05, 0.1) is 42.3 Å². The highest BCUT2D eigenvalue weighted by atomic mass is 16.3. The zero-order chi connectivity index (χ0) is 32.9. The lowest BCUT2D eigenvalue weighted by molar-refractivity contribution is -0.199. The lowest BCUT2D eigenvalue weighted by Gasteiger charge is -2.50. The fourth-order valence-electron chi connectivity index (χ4n) is 5.99. The monoisotopic (exact) mass is 626 g/mol. The van der Waals surface area contributed by atoms with Gasteiger partial charge in [-0.3, -0.25) is 29.2 Å². The molecule has 0 aliphatic heterocycles. The Bertz CT molecular complexity index is 1730. The van der Waals surface area contributed by atoms with Crippen LogP contribution in [0.15, 0.2) is 61.4 Å². The SMILES string of the molecule is C[C@@H](O)CC(=O)N(N(C1(c2ccc(-c3cnn(C)c3)cn2)CC1)[C@](C)(N)C(N)=O)C1(c2ncc(-c3ccc(CO)nc3)cn2)CC1. The first kappa shape index (κ1) is 31.4. The predicted octanol–water partition coefficient (Wildman–Crippen LogP) is 1.48. The summed E-state index contributed by atoms with van der Waals surface area (Å²) in [6.45, 7) is 2.86. The molecule has 4 heterocycles. The molecule has 4 aromatic rings. The standard InChI is InChI=1S/C32H38N10O4/c1-20(44)12-27(45)41(32(10-11-32)29-37-15-23(16-38-29)21-4-6-25(19-43)35-13-21)42(30(2,34)28(33)46)31(8-9-31)26-7-5-22(14-36-26)24-17-39-40(3)18-24/h4-7,13-18,20,43-44H,8-12,19,34H2,1-3H3,(H2,33,46)/t20-,30+/m1/s1. The second kappa shape index (κ2) is 11.6. The minimum absolute atomic E-state index is 0.165. The minimum Gasteiger partial charge on any atom is -0.393 e. The molecule has 6 N–H and O–H groups in total. The number of primary amides is 1. The number of rotatable bonds is 12. The molecule has 0 bridgehead atoms. The molecule has 4 aromatic heterocycles. The largest absolute Gasteiger partial charge is 0.393 e. The Morgan fingerprint density at radius 2 is 1.54 bits per heavy atom. The topological polar surface area (TPSA) is 202 Å². The van der Waals surface area contributed by atoms with E-state index in [0.717, 1.165) is 16.7 Å². The lowest BCUT2D eigenvalue weighted by Crippen LogP contribution is -2.72. The van der Waals surface area contributed by atoms with Crippen molar-refractivity contribution in [2.75, 3.05) is 0 Å². The first-order valence-electron chi connectivity index (χ1n) is 15.2. The predicted molar refractivity (Wildman–Crippen MR) is 166 cm³/mol. The summed E-state index contributed by atoms with van der Waals surface area (Å²) >= 11 is 0. The van der Waals surface area contributed by atoms with Gasteiger partial charge >= 0.3 is 0 Å². The van der Waals surface area contributed by atoms with E-state index in [1.54, 1.807) is 46.7 Å². The van der Waals surface area contributed by atoms with Gasteiger partial charge in [-0.1, -0.05) is 12.1 Å². The van der Waals surface area contributed by atoms with E-state index < -0.39 is 34.7 Å². The number of aryl methyl sites for hydroxylation is 1. The van der Waals surface area contributed by atoms with Crippen LogP contribution in [0.5, 0.6) is 0 Å². The van der Waals surface area contributed by atoms with Crippen molar-refractivity contribution in [1.82, 2.24) is 39.7 Å². The van der Waals surface area contributed by atoms with E-state index in [-0.39, 0.29) is 13.0 Å². The fourth-order valence-corrected chi connectivity index (χ4v) is 5.99. The van der Waals surface area contributed by atoms with Gasteiger partial charge in [-0.05, 0) is 51.7 Å². The molecule has 0 aromatic carbocycles. The van der Waals surface area contributed by atoms with Crippen LogP contribution in [0.3, 0.4) is 0 Å². The number of aliphatic hydroxyl groups is 2. The highest BCUT2D eigenvalue weighted by Crippen LogP contribution is 2.59. The maximum absolute atomic E-state index is 14.2. The summed E-state index contributed by atoms with van der Waals surface area (Å²) in [4.78, 5) is 45.7. The minimum atomic E-state index is -1.83. The number of carbonyl (C=O) groups is 2. The third kappa shape index (κ3) is 5.53. The number of carbonyl (C=O) groups excluding carboxylic acids is 2. The van der Waals surface area contributed by atoms with Crippen molar-refractivity contribution in [3.05, 3.63) is 78.7 Å². The summed E-state index contributed by atoms with van der Waals surface area (Å²) in [5.74, 6) is -0.900. The van der Waals surface area contributed by atoms with E-state index >= 15 is 0 Å². The van der Waals surface area contributed by atoms with Crippen LogP contribution in [0.4, 0.5) is 0 Å². The fraction of sp³-hybridized carbons (Fsp3) is 0.406. The molecule has 0 radical (unpaired) electrons. The molecule has 0 saturated heterocycles. The Kier molecular flexibility index (Phi) is 7.92. The molecular weight excluding hydrogens is 588 g/mol. The van der Waals surface area contributed by atoms with Crippen molar-refractivity contribution in [2.45, 2.75) is 75.4 Å². The van der Waals surface area contributed by atoms with Crippen molar-refractivity contribution in [3.63, 3.8) is 0 Å². The van der Waals surface area contributed by atoms with Crippen LogP contribution in [0.25, 0.3) is 22.3 Å². The summed E-state index contributed by atoms with van der Waals surface area (Å²) in [7, 11) is 1.84. The van der Waals surface area contributed by atoms with Gasteiger partial charge in [0.2, 0.25) is 5.91 Å². The molecule has 0 unspecified atom stereocenters. The van der Waals surface area contributed by atoms with Gasteiger partial charge in [0.25, 0.3) is 5.91 Å². The van der Waals surface area contributed by atoms with Crippen LogP contribution in [-0.4, -0.2) is 73.5 Å². The Hall–Kier alpha value is -4.63. The smallest absolute Gasteiger partial charge is 0.253 e. The summed E-state index contributed by atoms with van der Waals surface area (Å²) < 4.78 is 1.71. The first-order chi connectivity index (χ1) is 21.9. The average Bonchev–Trinajstić information content (AvgIpc) is 3.97. The van der Waals surface area contributed by atoms with Crippen LogP contribution in [0.2, 0.25) is 0 Å². The van der Waals surface area contributed by atoms with Gasteiger partial charge in [0, 0.05) is 60.3 Å². The van der Waals surface area contributed by atoms with E-state index in [4.69, 9.17) is 26.4 Å². The van der Waals surface area contributed by atoms with Gasteiger partial charge in [0.1, 0.15) is 5.54 Å². The maximum Gasteiger partial charge on any atom is 0.253 e. The van der Waals surface area contributed by atoms with E-state index in [9.17, 15) is 19.8 Å².